The number of nitrogens with zero attached hydrogens (tertiary/aromatic N) is 4. The van der Waals surface area contributed by atoms with Crippen molar-refractivity contribution >= 4 is 29.9 Å². The Labute approximate surface area is 134 Å². The summed E-state index contributed by atoms with van der Waals surface area (Å²) in [5.41, 5.74) is 2.05. The van der Waals surface area contributed by atoms with Gasteiger partial charge in [-0.3, -0.25) is 4.79 Å². The lowest BCUT2D eigenvalue weighted by atomic mass is 10.2. The Kier molecular flexibility index (Phi) is 5.20. The lowest BCUT2D eigenvalue weighted by molar-refractivity contribution is -0.129. The third-order valence-electron chi connectivity index (χ3n) is 3.39. The van der Waals surface area contributed by atoms with Gasteiger partial charge < -0.3 is 4.90 Å². The molecular formula is C14H16Cl2N4O. The van der Waals surface area contributed by atoms with Gasteiger partial charge in [-0.2, -0.15) is 5.10 Å². The molecule has 0 atom stereocenters. The van der Waals surface area contributed by atoms with Crippen LogP contribution in [0.2, 0.25) is 0 Å². The Morgan fingerprint density at radius 2 is 2.05 bits per heavy atom. The lowest BCUT2D eigenvalue weighted by Crippen LogP contribution is -2.33. The predicted molar refractivity (Wildman–Crippen MR) is 82.9 cm³/mol. The summed E-state index contributed by atoms with van der Waals surface area (Å²) in [6, 6.07) is 8.33. The second-order valence-corrected chi connectivity index (χ2v) is 5.16. The van der Waals surface area contributed by atoms with Crippen molar-refractivity contribution in [2.75, 3.05) is 5.88 Å². The van der Waals surface area contributed by atoms with E-state index >= 15 is 0 Å². The Morgan fingerprint density at radius 1 is 1.33 bits per heavy atom. The fourth-order valence-corrected chi connectivity index (χ4v) is 2.33. The molecule has 0 bridgehead atoms. The van der Waals surface area contributed by atoms with Gasteiger partial charge in [-0.25, -0.2) is 9.67 Å². The van der Waals surface area contributed by atoms with Crippen LogP contribution in [0.15, 0.2) is 36.9 Å². The van der Waals surface area contributed by atoms with Crippen LogP contribution < -0.4 is 0 Å². The Morgan fingerprint density at radius 3 is 2.57 bits per heavy atom. The van der Waals surface area contributed by atoms with Crippen LogP contribution in [0.5, 0.6) is 0 Å². The molecule has 0 saturated heterocycles. The van der Waals surface area contributed by atoms with Crippen LogP contribution in [-0.2, 0) is 11.3 Å². The van der Waals surface area contributed by atoms with E-state index in [0.29, 0.717) is 12.6 Å². The van der Waals surface area contributed by atoms with Crippen LogP contribution in [0.1, 0.15) is 18.4 Å². The maximum Gasteiger partial charge on any atom is 0.238 e. The highest BCUT2D eigenvalue weighted by atomic mass is 35.5. The summed E-state index contributed by atoms with van der Waals surface area (Å²) in [4.78, 5) is 17.6. The maximum absolute atomic E-state index is 11.8. The second kappa shape index (κ2) is 6.91. The van der Waals surface area contributed by atoms with E-state index in [1.54, 1.807) is 11.0 Å². The van der Waals surface area contributed by atoms with E-state index < -0.39 is 0 Å². The normalized spacial score (nSPS) is 13.6. The third kappa shape index (κ3) is 3.74. The van der Waals surface area contributed by atoms with E-state index in [0.717, 1.165) is 24.1 Å². The predicted octanol–water partition coefficient (Wildman–Crippen LogP) is 2.42. The molecule has 112 valence electrons. The number of hydrogen-bond donors (Lipinski definition) is 0. The summed E-state index contributed by atoms with van der Waals surface area (Å²) in [6.07, 6.45) is 5.32. The summed E-state index contributed by atoms with van der Waals surface area (Å²) in [6.45, 7) is 0.619. The van der Waals surface area contributed by atoms with E-state index in [4.69, 9.17) is 11.6 Å². The van der Waals surface area contributed by atoms with E-state index in [2.05, 4.69) is 10.1 Å². The molecule has 1 saturated carbocycles. The third-order valence-corrected chi connectivity index (χ3v) is 3.62. The van der Waals surface area contributed by atoms with Crippen molar-refractivity contribution < 1.29 is 4.79 Å². The summed E-state index contributed by atoms with van der Waals surface area (Å²) >= 11 is 5.67. The molecule has 5 nitrogen and oxygen atoms in total. The summed E-state index contributed by atoms with van der Waals surface area (Å²) in [5, 5.41) is 4.08. The van der Waals surface area contributed by atoms with Crippen LogP contribution >= 0.6 is 24.0 Å². The molecule has 1 heterocycles. The summed E-state index contributed by atoms with van der Waals surface area (Å²) in [7, 11) is 0. The lowest BCUT2D eigenvalue weighted by Gasteiger charge is -2.21. The van der Waals surface area contributed by atoms with E-state index in [1.807, 2.05) is 29.2 Å². The van der Waals surface area contributed by atoms with Gasteiger partial charge in [0, 0.05) is 12.6 Å². The zero-order valence-electron chi connectivity index (χ0n) is 11.4. The highest BCUT2D eigenvalue weighted by molar-refractivity contribution is 6.27. The number of alkyl halides is 1. The van der Waals surface area contributed by atoms with E-state index in [9.17, 15) is 4.79 Å². The van der Waals surface area contributed by atoms with E-state index in [-0.39, 0.29) is 24.2 Å². The number of hydrogen-bond acceptors (Lipinski definition) is 3. The van der Waals surface area contributed by atoms with Gasteiger partial charge in [0.2, 0.25) is 5.91 Å². The first-order valence-electron chi connectivity index (χ1n) is 6.57. The van der Waals surface area contributed by atoms with Crippen molar-refractivity contribution in [1.29, 1.82) is 0 Å². The van der Waals surface area contributed by atoms with Gasteiger partial charge in [-0.05, 0) is 30.5 Å². The molecule has 3 rings (SSSR count). The minimum absolute atomic E-state index is 0. The molecule has 1 fully saturated rings. The SMILES string of the molecule is Cl.O=C(CCl)N(Cc1ccc(-n2cncn2)cc1)C1CC1. The number of aromatic nitrogens is 3. The maximum atomic E-state index is 11.8. The van der Waals surface area contributed by atoms with Gasteiger partial charge in [-0.1, -0.05) is 12.1 Å². The van der Waals surface area contributed by atoms with Crippen LogP contribution in [0, 0.1) is 0 Å². The molecule has 1 aliphatic carbocycles. The second-order valence-electron chi connectivity index (χ2n) is 4.89. The minimum atomic E-state index is 0. The number of carbonyl (C=O) groups excluding carboxylic acids is 1. The van der Waals surface area contributed by atoms with Crippen LogP contribution in [0.3, 0.4) is 0 Å². The minimum Gasteiger partial charge on any atom is -0.334 e. The molecule has 7 heteroatoms. The largest absolute Gasteiger partial charge is 0.334 e. The van der Waals surface area contributed by atoms with Gasteiger partial charge in [0.05, 0.1) is 5.69 Å². The first kappa shape index (κ1) is 15.8. The highest BCUT2D eigenvalue weighted by Crippen LogP contribution is 2.28. The number of halogens is 2. The first-order chi connectivity index (χ1) is 9.78. The number of benzene rings is 1. The first-order valence-corrected chi connectivity index (χ1v) is 7.11. The topological polar surface area (TPSA) is 51.0 Å². The molecule has 0 radical (unpaired) electrons. The standard InChI is InChI=1S/C14H15ClN4O.ClH/c15-7-14(20)18(12-5-6-12)8-11-1-3-13(4-2-11)19-10-16-9-17-19;/h1-4,9-10,12H,5-8H2;1H. The van der Waals surface area contributed by atoms with Gasteiger partial charge in [0.25, 0.3) is 0 Å². The number of carbonyl (C=O) groups is 1. The molecule has 21 heavy (non-hydrogen) atoms. The Hall–Kier alpha value is -1.59. The van der Waals surface area contributed by atoms with E-state index in [1.165, 1.54) is 6.33 Å². The molecule has 1 aromatic heterocycles. The summed E-state index contributed by atoms with van der Waals surface area (Å²) in [5.74, 6) is 0.0580. The monoisotopic (exact) mass is 326 g/mol. The Balaban J connectivity index is 0.00000161. The fourth-order valence-electron chi connectivity index (χ4n) is 2.18. The van der Waals surface area contributed by atoms with Crippen molar-refractivity contribution in [2.24, 2.45) is 0 Å². The molecule has 1 aliphatic rings. The molecule has 0 unspecified atom stereocenters. The molecule has 0 spiro atoms. The van der Waals surface area contributed by atoms with Crippen molar-refractivity contribution in [3.8, 4) is 5.69 Å². The molecule has 1 amide bonds. The van der Waals surface area contributed by atoms with Gasteiger partial charge in [0.1, 0.15) is 18.5 Å². The van der Waals surface area contributed by atoms with Crippen LogP contribution in [0.4, 0.5) is 0 Å². The van der Waals surface area contributed by atoms with Crippen LogP contribution in [-0.4, -0.2) is 37.5 Å². The van der Waals surface area contributed by atoms with Crippen molar-refractivity contribution in [3.05, 3.63) is 42.5 Å². The van der Waals surface area contributed by atoms with Gasteiger partial charge in [0.15, 0.2) is 0 Å². The average Bonchev–Trinajstić information content (AvgIpc) is 3.18. The number of rotatable bonds is 5. The molecule has 0 N–H and O–H groups in total. The summed E-state index contributed by atoms with van der Waals surface area (Å²) < 4.78 is 1.70. The van der Waals surface area contributed by atoms with Crippen molar-refractivity contribution in [1.82, 2.24) is 19.7 Å². The van der Waals surface area contributed by atoms with Crippen molar-refractivity contribution in [3.63, 3.8) is 0 Å². The highest BCUT2D eigenvalue weighted by Gasteiger charge is 2.31. The molecule has 2 aromatic rings. The van der Waals surface area contributed by atoms with Gasteiger partial charge in [-0.15, -0.1) is 24.0 Å². The van der Waals surface area contributed by atoms with Crippen LogP contribution in [0.25, 0.3) is 5.69 Å². The fraction of sp³-hybridized carbons (Fsp3) is 0.357. The smallest absolute Gasteiger partial charge is 0.238 e. The zero-order valence-corrected chi connectivity index (χ0v) is 12.9. The van der Waals surface area contributed by atoms with Crippen molar-refractivity contribution in [2.45, 2.75) is 25.4 Å². The molecular weight excluding hydrogens is 311 g/mol. The molecule has 1 aromatic carbocycles. The Bertz CT molecular complexity index is 582. The molecule has 0 aliphatic heterocycles. The zero-order chi connectivity index (χ0) is 13.9. The van der Waals surface area contributed by atoms with Gasteiger partial charge >= 0.3 is 0 Å². The quantitative estimate of drug-likeness (QED) is 0.793. The average molecular weight is 327 g/mol. The number of amides is 1.